The molecule has 0 unspecified atom stereocenters. The maximum Gasteiger partial charge on any atom is 0.250 e. The van der Waals surface area contributed by atoms with Gasteiger partial charge in [-0.3, -0.25) is 9.59 Å². The van der Waals surface area contributed by atoms with E-state index in [-0.39, 0.29) is 30.4 Å². The van der Waals surface area contributed by atoms with Crippen LogP contribution in [0.25, 0.3) is 0 Å². The summed E-state index contributed by atoms with van der Waals surface area (Å²) in [5.41, 5.74) is 0.945. The lowest BCUT2D eigenvalue weighted by molar-refractivity contribution is -0.162. The van der Waals surface area contributed by atoms with E-state index in [2.05, 4.69) is 15.9 Å². The molecule has 0 radical (unpaired) electrons. The third-order valence-electron chi connectivity index (χ3n) is 7.04. The molecule has 1 heterocycles. The lowest BCUT2D eigenvalue weighted by atomic mass is 9.89. The molecule has 158 valence electrons. The van der Waals surface area contributed by atoms with Crippen LogP contribution in [0.1, 0.15) is 88.7 Å². The molecule has 0 N–H and O–H groups in total. The molecule has 3 aliphatic rings. The lowest BCUT2D eigenvalue weighted by Crippen LogP contribution is -2.60. The maximum absolute atomic E-state index is 13.8. The van der Waals surface area contributed by atoms with E-state index in [1.807, 2.05) is 34.1 Å². The van der Waals surface area contributed by atoms with E-state index in [0.29, 0.717) is 0 Å². The minimum absolute atomic E-state index is 0.136. The number of benzene rings is 1. The van der Waals surface area contributed by atoms with Gasteiger partial charge in [0.05, 0.1) is 0 Å². The molecule has 1 aromatic carbocycles. The van der Waals surface area contributed by atoms with Crippen molar-refractivity contribution in [2.24, 2.45) is 0 Å². The van der Waals surface area contributed by atoms with Gasteiger partial charge in [-0.25, -0.2) is 0 Å². The van der Waals surface area contributed by atoms with E-state index in [1.54, 1.807) is 0 Å². The third kappa shape index (κ3) is 4.70. The Balaban J connectivity index is 1.67. The topological polar surface area (TPSA) is 40.6 Å². The predicted molar refractivity (Wildman–Crippen MR) is 118 cm³/mol. The summed E-state index contributed by atoms with van der Waals surface area (Å²) < 4.78 is 0.961. The number of hydrogen-bond acceptors (Lipinski definition) is 2. The summed E-state index contributed by atoms with van der Waals surface area (Å²) in [6, 6.07) is 7.94. The largest absolute Gasteiger partial charge is 0.328 e. The molecule has 5 heteroatoms. The van der Waals surface area contributed by atoms with Gasteiger partial charge in [0.1, 0.15) is 12.6 Å². The fraction of sp³-hybridized carbons (Fsp3) is 0.667. The second kappa shape index (κ2) is 9.63. The van der Waals surface area contributed by atoms with Crippen molar-refractivity contribution in [3.8, 4) is 0 Å². The second-order valence-corrected chi connectivity index (χ2v) is 9.93. The molecule has 1 saturated heterocycles. The van der Waals surface area contributed by atoms with Crippen molar-refractivity contribution in [1.82, 2.24) is 9.80 Å². The molecule has 2 aliphatic carbocycles. The average molecular weight is 461 g/mol. The molecular weight excluding hydrogens is 428 g/mol. The van der Waals surface area contributed by atoms with Crippen molar-refractivity contribution in [3.05, 3.63) is 34.3 Å². The number of carbonyl (C=O) groups excluding carboxylic acids is 2. The third-order valence-corrected chi connectivity index (χ3v) is 7.53. The number of amides is 2. The molecule has 29 heavy (non-hydrogen) atoms. The van der Waals surface area contributed by atoms with Gasteiger partial charge in [-0.1, -0.05) is 79.4 Å². The van der Waals surface area contributed by atoms with Gasteiger partial charge in [0.25, 0.3) is 5.91 Å². The summed E-state index contributed by atoms with van der Waals surface area (Å²) in [5, 5.41) is 0. The number of halogens is 1. The molecule has 0 aromatic heterocycles. The summed E-state index contributed by atoms with van der Waals surface area (Å²) in [7, 11) is 0. The van der Waals surface area contributed by atoms with Crippen LogP contribution in [0.15, 0.2) is 28.7 Å². The van der Waals surface area contributed by atoms with E-state index in [4.69, 9.17) is 0 Å². The van der Waals surface area contributed by atoms with Gasteiger partial charge in [-0.2, -0.15) is 0 Å². The fourth-order valence-electron chi connectivity index (χ4n) is 5.53. The highest BCUT2D eigenvalue weighted by Gasteiger charge is 2.45. The molecule has 1 aliphatic heterocycles. The summed E-state index contributed by atoms with van der Waals surface area (Å²) in [6.45, 7) is 0.268. The highest BCUT2D eigenvalue weighted by molar-refractivity contribution is 9.10. The van der Waals surface area contributed by atoms with Crippen LogP contribution in [0, 0.1) is 0 Å². The van der Waals surface area contributed by atoms with Gasteiger partial charge in [-0.15, -0.1) is 0 Å². The first-order chi connectivity index (χ1) is 14.1. The van der Waals surface area contributed by atoms with Crippen LogP contribution in [-0.4, -0.2) is 40.2 Å². The van der Waals surface area contributed by atoms with Crippen LogP contribution in [0.2, 0.25) is 0 Å². The summed E-state index contributed by atoms with van der Waals surface area (Å²) >= 11 is 3.57. The van der Waals surface area contributed by atoms with Gasteiger partial charge >= 0.3 is 0 Å². The number of piperazine rings is 1. The van der Waals surface area contributed by atoms with Gasteiger partial charge in [-0.05, 0) is 43.4 Å². The fourth-order valence-corrected chi connectivity index (χ4v) is 5.95. The normalized spacial score (nSPS) is 25.8. The Morgan fingerprint density at radius 2 is 1.38 bits per heavy atom. The molecule has 1 aromatic rings. The monoisotopic (exact) mass is 460 g/mol. The van der Waals surface area contributed by atoms with Gasteiger partial charge in [0, 0.05) is 16.6 Å². The van der Waals surface area contributed by atoms with Crippen LogP contribution >= 0.6 is 15.9 Å². The zero-order valence-corrected chi connectivity index (χ0v) is 18.9. The molecular formula is C24H33BrN2O2. The molecule has 3 fully saturated rings. The number of carbonyl (C=O) groups is 2. The molecule has 2 saturated carbocycles. The first kappa shape index (κ1) is 20.9. The van der Waals surface area contributed by atoms with Crippen LogP contribution < -0.4 is 0 Å². The lowest BCUT2D eigenvalue weighted by Gasteiger charge is -2.47. The van der Waals surface area contributed by atoms with E-state index in [0.717, 1.165) is 61.4 Å². The minimum atomic E-state index is -0.472. The van der Waals surface area contributed by atoms with Crippen LogP contribution in [0.5, 0.6) is 0 Å². The van der Waals surface area contributed by atoms with E-state index in [1.165, 1.54) is 25.7 Å². The van der Waals surface area contributed by atoms with Crippen LogP contribution in [-0.2, 0) is 9.59 Å². The predicted octanol–water partition coefficient (Wildman–Crippen LogP) is 5.61. The van der Waals surface area contributed by atoms with Crippen molar-refractivity contribution >= 4 is 27.7 Å². The highest BCUT2D eigenvalue weighted by atomic mass is 79.9. The smallest absolute Gasteiger partial charge is 0.250 e. The quantitative estimate of drug-likeness (QED) is 0.588. The Kier molecular flexibility index (Phi) is 6.94. The Morgan fingerprint density at radius 3 is 2.03 bits per heavy atom. The molecule has 2 amide bonds. The molecule has 0 spiro atoms. The van der Waals surface area contributed by atoms with Gasteiger partial charge in [0.2, 0.25) is 5.91 Å². The Bertz CT molecular complexity index is 723. The maximum atomic E-state index is 13.8. The zero-order valence-electron chi connectivity index (χ0n) is 17.3. The minimum Gasteiger partial charge on any atom is -0.328 e. The number of hydrogen-bond donors (Lipinski definition) is 0. The van der Waals surface area contributed by atoms with Gasteiger partial charge in [0.15, 0.2) is 0 Å². The van der Waals surface area contributed by atoms with Crippen LogP contribution in [0.4, 0.5) is 0 Å². The summed E-state index contributed by atoms with van der Waals surface area (Å²) in [4.78, 5) is 31.2. The van der Waals surface area contributed by atoms with Crippen LogP contribution in [0.3, 0.4) is 0 Å². The Labute approximate surface area is 183 Å². The highest BCUT2D eigenvalue weighted by Crippen LogP contribution is 2.37. The molecule has 4 rings (SSSR count). The number of rotatable bonds is 3. The standard InChI is InChI=1S/C24H33BrN2O2/c25-19-11-9-10-18(16-19)23-24(29)26(20-12-7-4-8-13-20)17-22(28)27(23)21-14-5-2-1-3-6-15-21/h9-11,16,20-21,23H,1-8,12-15,17H2/t23-/m0/s1. The average Bonchev–Trinajstić information content (AvgIpc) is 2.70. The first-order valence-corrected chi connectivity index (χ1v) is 12.3. The second-order valence-electron chi connectivity index (χ2n) is 9.02. The number of nitrogens with zero attached hydrogens (tertiary/aromatic N) is 2. The molecule has 4 nitrogen and oxygen atoms in total. The van der Waals surface area contributed by atoms with Gasteiger partial charge < -0.3 is 9.80 Å². The molecule has 1 atom stereocenters. The van der Waals surface area contributed by atoms with E-state index >= 15 is 0 Å². The Morgan fingerprint density at radius 1 is 0.793 bits per heavy atom. The Hall–Kier alpha value is -1.36. The molecule has 0 bridgehead atoms. The van der Waals surface area contributed by atoms with E-state index < -0.39 is 6.04 Å². The SMILES string of the molecule is O=C1[C@H](c2cccc(Br)c2)N(C2CCCCCCC2)C(=O)CN1C1CCCCC1. The summed E-state index contributed by atoms with van der Waals surface area (Å²) in [5.74, 6) is 0.280. The van der Waals surface area contributed by atoms with Crippen molar-refractivity contribution in [3.63, 3.8) is 0 Å². The summed E-state index contributed by atoms with van der Waals surface area (Å²) in [6.07, 6.45) is 13.8. The first-order valence-electron chi connectivity index (χ1n) is 11.5. The van der Waals surface area contributed by atoms with E-state index in [9.17, 15) is 9.59 Å². The van der Waals surface area contributed by atoms with Crippen molar-refractivity contribution in [2.75, 3.05) is 6.54 Å². The van der Waals surface area contributed by atoms with Crippen molar-refractivity contribution in [1.29, 1.82) is 0 Å². The van der Waals surface area contributed by atoms with Crippen molar-refractivity contribution in [2.45, 2.75) is 95.2 Å². The van der Waals surface area contributed by atoms with Crippen molar-refractivity contribution < 1.29 is 9.59 Å². The zero-order chi connectivity index (χ0) is 20.2.